The van der Waals surface area contributed by atoms with Gasteiger partial charge >= 0.3 is 0 Å². The molecule has 27 heavy (non-hydrogen) atoms. The van der Waals surface area contributed by atoms with Crippen molar-refractivity contribution in [3.63, 3.8) is 0 Å². The predicted octanol–water partition coefficient (Wildman–Crippen LogP) is 3.80. The fourth-order valence-corrected chi connectivity index (χ4v) is 4.93. The number of thiophene rings is 1. The summed E-state index contributed by atoms with van der Waals surface area (Å²) in [6.45, 7) is 4.53. The van der Waals surface area contributed by atoms with Crippen molar-refractivity contribution in [2.75, 3.05) is 20.2 Å². The van der Waals surface area contributed by atoms with Crippen molar-refractivity contribution in [3.8, 4) is 17.0 Å². The number of aromatic nitrogens is 2. The maximum Gasteiger partial charge on any atom is 0.135 e. The van der Waals surface area contributed by atoms with E-state index in [1.54, 1.807) is 7.11 Å². The Hall–Kier alpha value is -2.15. The third kappa shape index (κ3) is 3.18. The predicted molar refractivity (Wildman–Crippen MR) is 106 cm³/mol. The lowest BCUT2D eigenvalue weighted by atomic mass is 10.0. The quantitative estimate of drug-likeness (QED) is 0.689. The van der Waals surface area contributed by atoms with Crippen molar-refractivity contribution in [3.05, 3.63) is 58.7 Å². The fraction of sp³-hybridized carbons (Fsp3) is 0.381. The maximum atomic E-state index is 6.35. The van der Waals surface area contributed by atoms with E-state index in [9.17, 15) is 0 Å². The minimum atomic E-state index is -0.105. The summed E-state index contributed by atoms with van der Waals surface area (Å²) in [6.07, 6.45) is 3.04. The lowest BCUT2D eigenvalue weighted by Gasteiger charge is -2.35. The highest BCUT2D eigenvalue weighted by Crippen LogP contribution is 2.36. The van der Waals surface area contributed by atoms with Crippen LogP contribution in [-0.4, -0.2) is 40.3 Å². The summed E-state index contributed by atoms with van der Waals surface area (Å²) in [5.41, 5.74) is 2.22. The summed E-state index contributed by atoms with van der Waals surface area (Å²) >= 11 is 1.83. The average Bonchev–Trinajstić information content (AvgIpc) is 3.43. The molecule has 1 atom stereocenters. The normalized spacial score (nSPS) is 22.3. The lowest BCUT2D eigenvalue weighted by Crippen LogP contribution is -2.44. The Morgan fingerprint density at radius 1 is 1.22 bits per heavy atom. The molecule has 5 rings (SSSR count). The second-order valence-electron chi connectivity index (χ2n) is 7.39. The number of rotatable bonds is 4. The van der Waals surface area contributed by atoms with Crippen LogP contribution in [0.4, 0.5) is 0 Å². The molecule has 0 N–H and O–H groups in total. The number of imidazole rings is 1. The number of likely N-dealkylation sites (tertiary alicyclic amines) is 1. The molecular weight excluding hydrogens is 358 g/mol. The second kappa shape index (κ2) is 6.78. The highest BCUT2D eigenvalue weighted by molar-refractivity contribution is 7.09. The molecule has 3 aromatic rings. The summed E-state index contributed by atoms with van der Waals surface area (Å²) in [6, 6.07) is 12.5. The van der Waals surface area contributed by atoms with Gasteiger partial charge in [0, 0.05) is 30.1 Å². The number of ether oxygens (including phenoxy) is 2. The fourth-order valence-electron chi connectivity index (χ4n) is 4.18. The summed E-state index contributed by atoms with van der Waals surface area (Å²) in [7, 11) is 1.69. The molecule has 2 aliphatic heterocycles. The van der Waals surface area contributed by atoms with Crippen LogP contribution in [0.3, 0.4) is 0 Å². The summed E-state index contributed by atoms with van der Waals surface area (Å²) in [5.74, 6) is 1.89. The first-order valence-corrected chi connectivity index (χ1v) is 10.2. The Morgan fingerprint density at radius 3 is 2.89 bits per heavy atom. The Labute approximate surface area is 163 Å². The zero-order valence-corrected chi connectivity index (χ0v) is 16.2. The lowest BCUT2D eigenvalue weighted by molar-refractivity contribution is -0.0821. The van der Waals surface area contributed by atoms with Crippen LogP contribution in [0.1, 0.15) is 17.1 Å². The SMILES string of the molecule is COc1ccc(-c2cnc3n2C[C@]2(CCN(Cc4cccs4)C2)OC3)cc1. The molecule has 2 aromatic heterocycles. The molecule has 6 heteroatoms. The van der Waals surface area contributed by atoms with Gasteiger partial charge in [-0.1, -0.05) is 6.07 Å². The van der Waals surface area contributed by atoms with Crippen molar-refractivity contribution in [2.45, 2.75) is 31.7 Å². The van der Waals surface area contributed by atoms with Gasteiger partial charge in [0.2, 0.25) is 0 Å². The molecule has 5 nitrogen and oxygen atoms in total. The van der Waals surface area contributed by atoms with Crippen LogP contribution >= 0.6 is 11.3 Å². The number of methoxy groups -OCH3 is 1. The zero-order chi connectivity index (χ0) is 18.3. The monoisotopic (exact) mass is 381 g/mol. The molecule has 2 aliphatic rings. The minimum absolute atomic E-state index is 0.105. The highest BCUT2D eigenvalue weighted by atomic mass is 32.1. The number of hydrogen-bond donors (Lipinski definition) is 0. The van der Waals surface area contributed by atoms with E-state index in [1.165, 1.54) is 10.4 Å². The standard InChI is InChI=1S/C21H23N3O2S/c1-25-17-6-4-16(5-7-17)19-11-22-20-13-26-21(15-24(19)20)8-9-23(14-21)12-18-3-2-10-27-18/h2-7,10-11H,8-9,12-15H2,1H3/t21-/m1/s1. The molecule has 4 heterocycles. The van der Waals surface area contributed by atoms with Crippen molar-refractivity contribution >= 4 is 11.3 Å². The van der Waals surface area contributed by atoms with Gasteiger partial charge in [0.1, 0.15) is 23.8 Å². The molecule has 0 aliphatic carbocycles. The molecule has 1 fully saturated rings. The van der Waals surface area contributed by atoms with Gasteiger partial charge in [-0.2, -0.15) is 0 Å². The van der Waals surface area contributed by atoms with Crippen molar-refractivity contribution in [1.82, 2.24) is 14.5 Å². The smallest absolute Gasteiger partial charge is 0.135 e. The second-order valence-corrected chi connectivity index (χ2v) is 8.42. The van der Waals surface area contributed by atoms with E-state index in [-0.39, 0.29) is 5.60 Å². The van der Waals surface area contributed by atoms with E-state index in [2.05, 4.69) is 44.1 Å². The van der Waals surface area contributed by atoms with Crippen molar-refractivity contribution in [2.24, 2.45) is 0 Å². The average molecular weight is 382 g/mol. The summed E-state index contributed by atoms with van der Waals surface area (Å²) in [4.78, 5) is 8.54. The van der Waals surface area contributed by atoms with E-state index in [1.807, 2.05) is 29.7 Å². The number of fused-ring (bicyclic) bond motifs is 1. The van der Waals surface area contributed by atoms with E-state index < -0.39 is 0 Å². The zero-order valence-electron chi connectivity index (χ0n) is 15.4. The largest absolute Gasteiger partial charge is 0.497 e. The molecule has 1 saturated heterocycles. The topological polar surface area (TPSA) is 39.5 Å². The van der Waals surface area contributed by atoms with Gasteiger partial charge in [-0.15, -0.1) is 11.3 Å². The van der Waals surface area contributed by atoms with Gasteiger partial charge < -0.3 is 14.0 Å². The van der Waals surface area contributed by atoms with E-state index >= 15 is 0 Å². The molecule has 0 unspecified atom stereocenters. The van der Waals surface area contributed by atoms with Crippen LogP contribution in [0.15, 0.2) is 48.0 Å². The van der Waals surface area contributed by atoms with E-state index in [4.69, 9.17) is 9.47 Å². The Bertz CT molecular complexity index is 920. The van der Waals surface area contributed by atoms with Gasteiger partial charge in [0.15, 0.2) is 0 Å². The number of benzene rings is 1. The van der Waals surface area contributed by atoms with Crippen LogP contribution in [0.25, 0.3) is 11.3 Å². The van der Waals surface area contributed by atoms with Crippen LogP contribution in [-0.2, 0) is 24.4 Å². The van der Waals surface area contributed by atoms with E-state index in [0.717, 1.165) is 49.9 Å². The number of hydrogen-bond acceptors (Lipinski definition) is 5. The van der Waals surface area contributed by atoms with Crippen LogP contribution in [0.2, 0.25) is 0 Å². The van der Waals surface area contributed by atoms with Crippen LogP contribution in [0.5, 0.6) is 5.75 Å². The molecule has 1 spiro atoms. The summed E-state index contributed by atoms with van der Waals surface area (Å²) in [5, 5.41) is 2.15. The maximum absolute atomic E-state index is 6.35. The molecule has 0 bridgehead atoms. The molecule has 0 saturated carbocycles. The van der Waals surface area contributed by atoms with Crippen LogP contribution < -0.4 is 4.74 Å². The third-order valence-corrected chi connectivity index (χ3v) is 6.49. The van der Waals surface area contributed by atoms with Gasteiger partial charge in [-0.3, -0.25) is 4.90 Å². The first kappa shape index (κ1) is 17.0. The Kier molecular flexibility index (Phi) is 4.27. The summed E-state index contributed by atoms with van der Waals surface area (Å²) < 4.78 is 14.0. The molecule has 0 radical (unpaired) electrons. The van der Waals surface area contributed by atoms with Gasteiger partial charge in [-0.05, 0) is 42.1 Å². The van der Waals surface area contributed by atoms with Gasteiger partial charge in [0.05, 0.1) is 25.5 Å². The molecule has 0 amide bonds. The molecular formula is C21H23N3O2S. The first-order valence-electron chi connectivity index (χ1n) is 9.32. The Morgan fingerprint density at radius 2 is 2.11 bits per heavy atom. The van der Waals surface area contributed by atoms with Crippen molar-refractivity contribution < 1.29 is 9.47 Å². The van der Waals surface area contributed by atoms with Gasteiger partial charge in [-0.25, -0.2) is 4.98 Å². The highest BCUT2D eigenvalue weighted by Gasteiger charge is 2.43. The van der Waals surface area contributed by atoms with Gasteiger partial charge in [0.25, 0.3) is 0 Å². The first-order chi connectivity index (χ1) is 13.2. The van der Waals surface area contributed by atoms with Crippen LogP contribution in [0, 0.1) is 0 Å². The minimum Gasteiger partial charge on any atom is -0.497 e. The molecule has 140 valence electrons. The Balaban J connectivity index is 1.37. The van der Waals surface area contributed by atoms with E-state index in [0.29, 0.717) is 6.61 Å². The number of nitrogens with zero attached hydrogens (tertiary/aromatic N) is 3. The van der Waals surface area contributed by atoms with Crippen molar-refractivity contribution in [1.29, 1.82) is 0 Å². The third-order valence-electron chi connectivity index (χ3n) is 5.63. The molecule has 1 aromatic carbocycles.